The Bertz CT molecular complexity index is 1000. The van der Waals surface area contributed by atoms with Crippen LogP contribution in [0.3, 0.4) is 0 Å². The Hall–Kier alpha value is -3.80. The third-order valence-electron chi connectivity index (χ3n) is 4.69. The quantitative estimate of drug-likeness (QED) is 0.528. The lowest BCUT2D eigenvalue weighted by molar-refractivity contribution is 0.0844. The van der Waals surface area contributed by atoms with Crippen molar-refractivity contribution in [3.8, 4) is 11.5 Å². The fraction of sp³-hybridized carbons (Fsp3) is 0.200. The van der Waals surface area contributed by atoms with Crippen LogP contribution < -0.4 is 20.3 Å². The van der Waals surface area contributed by atoms with E-state index in [4.69, 9.17) is 9.47 Å². The van der Waals surface area contributed by atoms with Gasteiger partial charge < -0.3 is 9.47 Å². The summed E-state index contributed by atoms with van der Waals surface area (Å²) in [7, 11) is 0. The highest BCUT2D eigenvalue weighted by molar-refractivity contribution is 6.00. The van der Waals surface area contributed by atoms with E-state index in [0.29, 0.717) is 29.2 Å². The summed E-state index contributed by atoms with van der Waals surface area (Å²) in [6.45, 7) is 4.36. The van der Waals surface area contributed by atoms with E-state index in [-0.39, 0.29) is 6.10 Å². The average Bonchev–Trinajstić information content (AvgIpc) is 2.82. The van der Waals surface area contributed by atoms with Gasteiger partial charge in [0.1, 0.15) is 18.1 Å². The van der Waals surface area contributed by atoms with E-state index in [1.54, 1.807) is 48.5 Å². The van der Waals surface area contributed by atoms with Gasteiger partial charge in [0.25, 0.3) is 11.8 Å². The lowest BCUT2D eigenvalue weighted by atomic mass is 10.2. The summed E-state index contributed by atoms with van der Waals surface area (Å²) in [5, 5.41) is 0. The Balaban J connectivity index is 1.57. The second-order valence-corrected chi connectivity index (χ2v) is 7.04. The maximum Gasteiger partial charge on any atom is 0.273 e. The van der Waals surface area contributed by atoms with Gasteiger partial charge in [-0.25, -0.2) is 0 Å². The van der Waals surface area contributed by atoms with Crippen LogP contribution in [0.1, 0.15) is 46.5 Å². The van der Waals surface area contributed by atoms with Gasteiger partial charge in [-0.05, 0) is 55.3 Å². The van der Waals surface area contributed by atoms with E-state index in [1.165, 1.54) is 0 Å². The third kappa shape index (κ3) is 6.34. The number of hydrogen-bond acceptors (Lipinski definition) is 4. The van der Waals surface area contributed by atoms with Crippen molar-refractivity contribution in [1.82, 2.24) is 10.9 Å². The number of carbonyl (C=O) groups excluding carboxylic acids is 2. The fourth-order valence-electron chi connectivity index (χ4n) is 2.77. The molecule has 1 unspecified atom stereocenters. The second kappa shape index (κ2) is 10.8. The van der Waals surface area contributed by atoms with Crippen molar-refractivity contribution in [3.63, 3.8) is 0 Å². The molecule has 0 bridgehead atoms. The van der Waals surface area contributed by atoms with Crippen LogP contribution in [-0.2, 0) is 6.61 Å². The van der Waals surface area contributed by atoms with Gasteiger partial charge in [-0.2, -0.15) is 0 Å². The Morgan fingerprint density at radius 1 is 0.839 bits per heavy atom. The largest absolute Gasteiger partial charge is 0.491 e. The normalized spacial score (nSPS) is 11.3. The Morgan fingerprint density at radius 2 is 1.48 bits per heavy atom. The molecule has 31 heavy (non-hydrogen) atoms. The first-order chi connectivity index (χ1) is 15.1. The minimum absolute atomic E-state index is 0.100. The van der Waals surface area contributed by atoms with Crippen molar-refractivity contribution >= 4 is 11.8 Å². The van der Waals surface area contributed by atoms with Crippen LogP contribution >= 0.6 is 0 Å². The molecule has 0 aliphatic heterocycles. The Labute approximate surface area is 182 Å². The Kier molecular flexibility index (Phi) is 7.65. The molecule has 0 saturated heterocycles. The number of hydrazine groups is 1. The minimum atomic E-state index is -0.464. The molecule has 0 saturated carbocycles. The number of hydrogen-bond donors (Lipinski definition) is 2. The van der Waals surface area contributed by atoms with Crippen LogP contribution in [0.4, 0.5) is 0 Å². The van der Waals surface area contributed by atoms with Gasteiger partial charge in [0, 0.05) is 5.56 Å². The molecule has 160 valence electrons. The average molecular weight is 418 g/mol. The first-order valence-corrected chi connectivity index (χ1v) is 10.2. The van der Waals surface area contributed by atoms with Gasteiger partial charge in [-0.15, -0.1) is 0 Å². The van der Waals surface area contributed by atoms with Crippen molar-refractivity contribution in [3.05, 3.63) is 95.6 Å². The van der Waals surface area contributed by atoms with E-state index in [9.17, 15) is 9.59 Å². The predicted molar refractivity (Wildman–Crippen MR) is 119 cm³/mol. The zero-order valence-electron chi connectivity index (χ0n) is 17.6. The molecule has 0 spiro atoms. The maximum atomic E-state index is 12.6. The van der Waals surface area contributed by atoms with Crippen molar-refractivity contribution in [2.45, 2.75) is 33.0 Å². The molecule has 6 heteroatoms. The Morgan fingerprint density at radius 3 is 2.19 bits per heavy atom. The molecule has 1 atom stereocenters. The SMILES string of the molecule is CCC(C)Oc1ccc(C(=O)NNC(=O)c2ccccc2OCc2ccccc2)cc1. The summed E-state index contributed by atoms with van der Waals surface area (Å²) in [5.41, 5.74) is 6.61. The van der Waals surface area contributed by atoms with Gasteiger partial charge >= 0.3 is 0 Å². The van der Waals surface area contributed by atoms with E-state index >= 15 is 0 Å². The molecule has 0 radical (unpaired) electrons. The topological polar surface area (TPSA) is 76.7 Å². The van der Waals surface area contributed by atoms with E-state index < -0.39 is 11.8 Å². The molecule has 6 nitrogen and oxygen atoms in total. The summed E-state index contributed by atoms with van der Waals surface area (Å²) in [6.07, 6.45) is 0.994. The highest BCUT2D eigenvalue weighted by Gasteiger charge is 2.14. The number of carbonyl (C=O) groups is 2. The first-order valence-electron chi connectivity index (χ1n) is 10.2. The first kappa shape index (κ1) is 21.9. The van der Waals surface area contributed by atoms with E-state index in [1.807, 2.05) is 44.2 Å². The van der Waals surface area contributed by atoms with Gasteiger partial charge in [0.2, 0.25) is 0 Å². The molecule has 0 aromatic heterocycles. The molecule has 0 heterocycles. The summed E-state index contributed by atoms with van der Waals surface area (Å²) < 4.78 is 11.5. The molecule has 3 rings (SSSR count). The van der Waals surface area contributed by atoms with Gasteiger partial charge in [0.05, 0.1) is 11.7 Å². The molecule has 2 amide bonds. The number of nitrogens with one attached hydrogen (secondary N) is 2. The summed E-state index contributed by atoms with van der Waals surface area (Å²) in [6, 6.07) is 23.3. The van der Waals surface area contributed by atoms with Gasteiger partial charge in [-0.1, -0.05) is 49.4 Å². The number of ether oxygens (including phenoxy) is 2. The molecule has 3 aromatic rings. The van der Waals surface area contributed by atoms with Crippen molar-refractivity contribution < 1.29 is 19.1 Å². The smallest absolute Gasteiger partial charge is 0.273 e. The van der Waals surface area contributed by atoms with Crippen LogP contribution in [0.2, 0.25) is 0 Å². The van der Waals surface area contributed by atoms with Gasteiger partial charge in [-0.3, -0.25) is 20.4 Å². The number of para-hydroxylation sites is 1. The minimum Gasteiger partial charge on any atom is -0.491 e. The molecule has 2 N–H and O–H groups in total. The van der Waals surface area contributed by atoms with Crippen LogP contribution in [0.25, 0.3) is 0 Å². The zero-order valence-corrected chi connectivity index (χ0v) is 17.6. The summed E-state index contributed by atoms with van der Waals surface area (Å²) in [4.78, 5) is 25.0. The standard InChI is InChI=1S/C25H26N2O4/c1-3-18(2)31-21-15-13-20(14-16-21)24(28)26-27-25(29)22-11-7-8-12-23(22)30-17-19-9-5-4-6-10-19/h4-16,18H,3,17H2,1-2H3,(H,26,28)(H,27,29). The summed E-state index contributed by atoms with van der Waals surface area (Å²) in [5.74, 6) is 0.240. The van der Waals surface area contributed by atoms with E-state index in [0.717, 1.165) is 12.0 Å². The van der Waals surface area contributed by atoms with Crippen LogP contribution in [0.15, 0.2) is 78.9 Å². The third-order valence-corrected chi connectivity index (χ3v) is 4.69. The lowest BCUT2D eigenvalue weighted by Gasteiger charge is -2.13. The van der Waals surface area contributed by atoms with E-state index in [2.05, 4.69) is 10.9 Å². The lowest BCUT2D eigenvalue weighted by Crippen LogP contribution is -2.41. The van der Waals surface area contributed by atoms with Crippen molar-refractivity contribution in [1.29, 1.82) is 0 Å². The molecule has 3 aromatic carbocycles. The number of amides is 2. The van der Waals surface area contributed by atoms with Crippen LogP contribution in [0, 0.1) is 0 Å². The monoisotopic (exact) mass is 418 g/mol. The maximum absolute atomic E-state index is 12.6. The number of benzene rings is 3. The molecule has 0 fully saturated rings. The molecule has 0 aliphatic rings. The number of rotatable bonds is 8. The fourth-order valence-corrected chi connectivity index (χ4v) is 2.77. The molecular weight excluding hydrogens is 392 g/mol. The molecular formula is C25H26N2O4. The van der Waals surface area contributed by atoms with Crippen molar-refractivity contribution in [2.75, 3.05) is 0 Å². The second-order valence-electron chi connectivity index (χ2n) is 7.04. The molecule has 0 aliphatic carbocycles. The van der Waals surface area contributed by atoms with Crippen LogP contribution in [0.5, 0.6) is 11.5 Å². The van der Waals surface area contributed by atoms with Gasteiger partial charge in [0.15, 0.2) is 0 Å². The predicted octanol–water partition coefficient (Wildman–Crippen LogP) is 4.52. The summed E-state index contributed by atoms with van der Waals surface area (Å²) >= 11 is 0. The highest BCUT2D eigenvalue weighted by Crippen LogP contribution is 2.19. The van der Waals surface area contributed by atoms with Crippen LogP contribution in [-0.4, -0.2) is 17.9 Å². The highest BCUT2D eigenvalue weighted by atomic mass is 16.5. The zero-order chi connectivity index (χ0) is 22.1. The van der Waals surface area contributed by atoms with Crippen molar-refractivity contribution in [2.24, 2.45) is 0 Å².